The number of hydrogen-bond acceptors (Lipinski definition) is 3. The van der Waals surface area contributed by atoms with Gasteiger partial charge in [0, 0.05) is 30.3 Å². The van der Waals surface area contributed by atoms with Gasteiger partial charge in [0.2, 0.25) is 0 Å². The lowest BCUT2D eigenvalue weighted by Crippen LogP contribution is -2.24. The van der Waals surface area contributed by atoms with E-state index < -0.39 is 0 Å². The molecule has 3 rings (SSSR count). The average Bonchev–Trinajstić information content (AvgIpc) is 2.89. The predicted molar refractivity (Wildman–Crippen MR) is 75.7 cm³/mol. The number of rotatable bonds is 3. The smallest absolute Gasteiger partial charge is 0.139 e. The monoisotopic (exact) mass is 257 g/mol. The van der Waals surface area contributed by atoms with Crippen molar-refractivity contribution in [2.45, 2.75) is 31.9 Å². The fourth-order valence-corrected chi connectivity index (χ4v) is 2.52. The van der Waals surface area contributed by atoms with Gasteiger partial charge in [-0.1, -0.05) is 0 Å². The van der Waals surface area contributed by atoms with Crippen LogP contribution < -0.4 is 5.73 Å². The Kier molecular flexibility index (Phi) is 3.51. The van der Waals surface area contributed by atoms with Crippen LogP contribution in [0.1, 0.15) is 19.3 Å². The molecular formula is C15H19N3O. The molecule has 2 aromatic rings. The van der Waals surface area contributed by atoms with Gasteiger partial charge in [-0.2, -0.15) is 0 Å². The van der Waals surface area contributed by atoms with Crippen LogP contribution >= 0.6 is 0 Å². The van der Waals surface area contributed by atoms with Gasteiger partial charge < -0.3 is 15.0 Å². The summed E-state index contributed by atoms with van der Waals surface area (Å²) in [7, 11) is 0. The summed E-state index contributed by atoms with van der Waals surface area (Å²) in [4.78, 5) is 4.45. The first-order valence-electron chi connectivity index (χ1n) is 6.81. The summed E-state index contributed by atoms with van der Waals surface area (Å²) in [5.41, 5.74) is 7.59. The summed E-state index contributed by atoms with van der Waals surface area (Å²) in [5, 5.41) is 0. The van der Waals surface area contributed by atoms with E-state index in [0.717, 1.165) is 36.6 Å². The number of benzene rings is 1. The zero-order valence-corrected chi connectivity index (χ0v) is 11.0. The third-order valence-corrected chi connectivity index (χ3v) is 3.56. The van der Waals surface area contributed by atoms with Crippen molar-refractivity contribution in [2.75, 3.05) is 12.3 Å². The average molecular weight is 257 g/mol. The highest BCUT2D eigenvalue weighted by atomic mass is 16.5. The van der Waals surface area contributed by atoms with Gasteiger partial charge in [0.25, 0.3) is 0 Å². The summed E-state index contributed by atoms with van der Waals surface area (Å²) in [5.74, 6) is 0.981. The van der Waals surface area contributed by atoms with Crippen LogP contribution in [0.3, 0.4) is 0 Å². The molecule has 1 aromatic carbocycles. The molecule has 1 fully saturated rings. The van der Waals surface area contributed by atoms with Crippen molar-refractivity contribution in [3.05, 3.63) is 36.7 Å². The van der Waals surface area contributed by atoms with E-state index >= 15 is 0 Å². The van der Waals surface area contributed by atoms with Crippen molar-refractivity contribution in [1.82, 2.24) is 9.55 Å². The molecular weight excluding hydrogens is 238 g/mol. The SMILES string of the molecule is Nc1ccc(-c2nccn2CC2CCCCO2)cc1. The van der Waals surface area contributed by atoms with Crippen LogP contribution in [0.5, 0.6) is 0 Å². The van der Waals surface area contributed by atoms with Crippen LogP contribution in [-0.2, 0) is 11.3 Å². The molecule has 0 bridgehead atoms. The van der Waals surface area contributed by atoms with Gasteiger partial charge in [-0.3, -0.25) is 0 Å². The third kappa shape index (κ3) is 2.79. The van der Waals surface area contributed by atoms with Crippen LogP contribution in [0.15, 0.2) is 36.7 Å². The Morgan fingerprint density at radius 3 is 2.84 bits per heavy atom. The molecule has 0 amide bonds. The Bertz CT molecular complexity index is 527. The van der Waals surface area contributed by atoms with Gasteiger partial charge in [-0.05, 0) is 43.5 Å². The van der Waals surface area contributed by atoms with Crippen LogP contribution in [0.25, 0.3) is 11.4 Å². The number of hydrogen-bond donors (Lipinski definition) is 1. The minimum Gasteiger partial charge on any atom is -0.399 e. The molecule has 0 saturated carbocycles. The van der Waals surface area contributed by atoms with E-state index in [4.69, 9.17) is 10.5 Å². The highest BCUT2D eigenvalue weighted by molar-refractivity contribution is 5.59. The topological polar surface area (TPSA) is 53.1 Å². The summed E-state index contributed by atoms with van der Waals surface area (Å²) < 4.78 is 7.96. The number of anilines is 1. The number of ether oxygens (including phenoxy) is 1. The van der Waals surface area contributed by atoms with Crippen molar-refractivity contribution in [3.8, 4) is 11.4 Å². The number of imidazole rings is 1. The molecule has 1 atom stereocenters. The number of aromatic nitrogens is 2. The van der Waals surface area contributed by atoms with Crippen LogP contribution in [0, 0.1) is 0 Å². The van der Waals surface area contributed by atoms with E-state index in [-0.39, 0.29) is 0 Å². The molecule has 100 valence electrons. The van der Waals surface area contributed by atoms with E-state index in [9.17, 15) is 0 Å². The van der Waals surface area contributed by atoms with Crippen LogP contribution in [0.4, 0.5) is 5.69 Å². The Morgan fingerprint density at radius 2 is 2.11 bits per heavy atom. The molecule has 0 spiro atoms. The lowest BCUT2D eigenvalue weighted by Gasteiger charge is -2.23. The molecule has 1 saturated heterocycles. The van der Waals surface area contributed by atoms with Crippen molar-refractivity contribution in [2.24, 2.45) is 0 Å². The summed E-state index contributed by atoms with van der Waals surface area (Å²) in [6, 6.07) is 7.84. The van der Waals surface area contributed by atoms with Crippen molar-refractivity contribution >= 4 is 5.69 Å². The zero-order chi connectivity index (χ0) is 13.1. The Balaban J connectivity index is 1.79. The maximum atomic E-state index is 5.79. The lowest BCUT2D eigenvalue weighted by molar-refractivity contribution is 0.00624. The van der Waals surface area contributed by atoms with Crippen LogP contribution in [0.2, 0.25) is 0 Å². The first kappa shape index (κ1) is 12.2. The van der Waals surface area contributed by atoms with Gasteiger partial charge >= 0.3 is 0 Å². The molecule has 19 heavy (non-hydrogen) atoms. The number of nitrogens with two attached hydrogens (primary N) is 1. The van der Waals surface area contributed by atoms with E-state index in [1.165, 1.54) is 12.8 Å². The van der Waals surface area contributed by atoms with E-state index in [2.05, 4.69) is 9.55 Å². The molecule has 0 aliphatic carbocycles. The summed E-state index contributed by atoms with van der Waals surface area (Å²) in [6.45, 7) is 1.76. The summed E-state index contributed by atoms with van der Waals surface area (Å²) >= 11 is 0. The van der Waals surface area contributed by atoms with Gasteiger partial charge in [-0.25, -0.2) is 4.98 Å². The second-order valence-electron chi connectivity index (χ2n) is 5.01. The highest BCUT2D eigenvalue weighted by Gasteiger charge is 2.16. The molecule has 1 aromatic heterocycles. The fourth-order valence-electron chi connectivity index (χ4n) is 2.52. The quantitative estimate of drug-likeness (QED) is 0.860. The molecule has 1 aliphatic heterocycles. The molecule has 4 heteroatoms. The van der Waals surface area contributed by atoms with Gasteiger partial charge in [0.05, 0.1) is 12.6 Å². The maximum absolute atomic E-state index is 5.79. The molecule has 1 unspecified atom stereocenters. The van der Waals surface area contributed by atoms with E-state index in [0.29, 0.717) is 6.10 Å². The first-order valence-corrected chi connectivity index (χ1v) is 6.81. The molecule has 2 N–H and O–H groups in total. The standard InChI is InChI=1S/C15H19N3O/c16-13-6-4-12(5-7-13)15-17-8-9-18(15)11-14-3-1-2-10-19-14/h4-9,14H,1-3,10-11,16H2. The van der Waals surface area contributed by atoms with Crippen molar-refractivity contribution in [1.29, 1.82) is 0 Å². The Hall–Kier alpha value is -1.81. The van der Waals surface area contributed by atoms with E-state index in [1.807, 2.05) is 36.7 Å². The predicted octanol–water partition coefficient (Wildman–Crippen LogP) is 2.70. The molecule has 2 heterocycles. The van der Waals surface area contributed by atoms with Gasteiger partial charge in [-0.15, -0.1) is 0 Å². The first-order chi connectivity index (χ1) is 9.33. The van der Waals surface area contributed by atoms with Crippen molar-refractivity contribution < 1.29 is 4.74 Å². The highest BCUT2D eigenvalue weighted by Crippen LogP contribution is 2.21. The van der Waals surface area contributed by atoms with E-state index in [1.54, 1.807) is 0 Å². The fraction of sp³-hybridized carbons (Fsp3) is 0.400. The lowest BCUT2D eigenvalue weighted by atomic mass is 10.1. The second-order valence-corrected chi connectivity index (χ2v) is 5.01. The normalized spacial score (nSPS) is 19.5. The molecule has 1 aliphatic rings. The zero-order valence-electron chi connectivity index (χ0n) is 11.0. The molecule has 0 radical (unpaired) electrons. The largest absolute Gasteiger partial charge is 0.399 e. The Labute approximate surface area is 113 Å². The van der Waals surface area contributed by atoms with Gasteiger partial charge in [0.15, 0.2) is 0 Å². The van der Waals surface area contributed by atoms with Crippen molar-refractivity contribution in [3.63, 3.8) is 0 Å². The number of nitrogen functional groups attached to an aromatic ring is 1. The second kappa shape index (κ2) is 5.45. The summed E-state index contributed by atoms with van der Waals surface area (Å²) in [6.07, 6.45) is 7.76. The minimum absolute atomic E-state index is 0.315. The maximum Gasteiger partial charge on any atom is 0.139 e. The molecule has 4 nitrogen and oxygen atoms in total. The third-order valence-electron chi connectivity index (χ3n) is 3.56. The minimum atomic E-state index is 0.315. The number of nitrogens with zero attached hydrogens (tertiary/aromatic N) is 2. The van der Waals surface area contributed by atoms with Crippen LogP contribution in [-0.4, -0.2) is 22.3 Å². The Morgan fingerprint density at radius 1 is 1.26 bits per heavy atom. The van der Waals surface area contributed by atoms with Gasteiger partial charge in [0.1, 0.15) is 5.82 Å².